The lowest BCUT2D eigenvalue weighted by molar-refractivity contribution is -0.141. The van der Waals surface area contributed by atoms with Gasteiger partial charge in [0.1, 0.15) is 5.69 Å². The fourth-order valence-electron chi connectivity index (χ4n) is 1.08. The molecule has 0 radical (unpaired) electrons. The predicted molar refractivity (Wildman–Crippen MR) is 43.3 cm³/mol. The molecule has 2 rings (SSSR count). The van der Waals surface area contributed by atoms with Crippen LogP contribution in [-0.2, 0) is 6.18 Å². The topological polar surface area (TPSA) is 67.6 Å². The first-order chi connectivity index (χ1) is 6.47. The molecule has 0 spiro atoms. The van der Waals surface area contributed by atoms with Crippen molar-refractivity contribution < 1.29 is 13.2 Å². The van der Waals surface area contributed by atoms with Gasteiger partial charge in [-0.25, -0.2) is 9.97 Å². The lowest BCUT2D eigenvalue weighted by atomic mass is 10.3. The van der Waals surface area contributed by atoms with E-state index < -0.39 is 11.9 Å². The standard InChI is InChI=1S/C7H5F3N4/c8-7(9,10)5-1-3-4(2-12-5)14-6(11)13-3/h1-2H,(H3,11,13,14). The van der Waals surface area contributed by atoms with Crippen molar-refractivity contribution in [3.05, 3.63) is 18.0 Å². The number of hydrogen-bond acceptors (Lipinski definition) is 3. The zero-order valence-electron chi connectivity index (χ0n) is 6.76. The molecule has 0 aliphatic heterocycles. The van der Waals surface area contributed by atoms with Crippen LogP contribution in [0.2, 0.25) is 0 Å². The molecule has 0 bridgehead atoms. The zero-order chi connectivity index (χ0) is 10.3. The fourth-order valence-corrected chi connectivity index (χ4v) is 1.08. The number of rotatable bonds is 0. The predicted octanol–water partition coefficient (Wildman–Crippen LogP) is 1.56. The number of nitrogen functional groups attached to an aromatic ring is 1. The second-order valence-electron chi connectivity index (χ2n) is 2.71. The maximum absolute atomic E-state index is 12.2. The summed E-state index contributed by atoms with van der Waals surface area (Å²) in [5.41, 5.74) is 4.84. The minimum atomic E-state index is -4.46. The Labute approximate surface area is 76.0 Å². The van der Waals surface area contributed by atoms with Crippen LogP contribution in [0.1, 0.15) is 5.69 Å². The van der Waals surface area contributed by atoms with Crippen LogP contribution < -0.4 is 5.73 Å². The van der Waals surface area contributed by atoms with Gasteiger partial charge in [0.05, 0.1) is 17.2 Å². The summed E-state index contributed by atoms with van der Waals surface area (Å²) in [7, 11) is 0. The van der Waals surface area contributed by atoms with Crippen LogP contribution in [0.3, 0.4) is 0 Å². The van der Waals surface area contributed by atoms with Crippen molar-refractivity contribution in [2.45, 2.75) is 6.18 Å². The minimum Gasteiger partial charge on any atom is -0.369 e. The molecule has 0 aromatic carbocycles. The normalized spacial score (nSPS) is 12.2. The number of aromatic amines is 1. The number of halogens is 3. The number of hydrogen-bond donors (Lipinski definition) is 2. The quantitative estimate of drug-likeness (QED) is 0.681. The van der Waals surface area contributed by atoms with Gasteiger partial charge in [-0.05, 0) is 6.07 Å². The minimum absolute atomic E-state index is 0.0705. The lowest BCUT2D eigenvalue weighted by Gasteiger charge is -2.03. The molecule has 74 valence electrons. The maximum atomic E-state index is 12.2. The summed E-state index contributed by atoms with van der Waals surface area (Å²) in [5.74, 6) is 0.0705. The van der Waals surface area contributed by atoms with Gasteiger partial charge in [0, 0.05) is 0 Å². The van der Waals surface area contributed by atoms with E-state index in [1.165, 1.54) is 0 Å². The highest BCUT2D eigenvalue weighted by Gasteiger charge is 2.32. The number of imidazole rings is 1. The number of pyridine rings is 1. The molecule has 0 amide bonds. The third kappa shape index (κ3) is 1.36. The molecule has 0 saturated carbocycles. The fraction of sp³-hybridized carbons (Fsp3) is 0.143. The van der Waals surface area contributed by atoms with Crippen LogP contribution in [0, 0.1) is 0 Å². The Hall–Kier alpha value is -1.79. The van der Waals surface area contributed by atoms with Gasteiger partial charge in [0.15, 0.2) is 5.95 Å². The van der Waals surface area contributed by atoms with E-state index in [0.29, 0.717) is 5.52 Å². The van der Waals surface area contributed by atoms with E-state index in [-0.39, 0.29) is 11.5 Å². The second-order valence-corrected chi connectivity index (χ2v) is 2.71. The molecule has 14 heavy (non-hydrogen) atoms. The molecule has 3 N–H and O–H groups in total. The summed E-state index contributed by atoms with van der Waals surface area (Å²) in [6.45, 7) is 0. The largest absolute Gasteiger partial charge is 0.433 e. The number of nitrogens with one attached hydrogen (secondary N) is 1. The summed E-state index contributed by atoms with van der Waals surface area (Å²) in [6.07, 6.45) is -3.40. The summed E-state index contributed by atoms with van der Waals surface area (Å²) in [6, 6.07) is 0.849. The number of alkyl halides is 3. The highest BCUT2D eigenvalue weighted by atomic mass is 19.4. The van der Waals surface area contributed by atoms with E-state index in [4.69, 9.17) is 5.73 Å². The molecular weight excluding hydrogens is 197 g/mol. The average Bonchev–Trinajstić information content (AvgIpc) is 2.41. The monoisotopic (exact) mass is 202 g/mol. The van der Waals surface area contributed by atoms with Gasteiger partial charge in [-0.3, -0.25) is 0 Å². The van der Waals surface area contributed by atoms with E-state index in [9.17, 15) is 13.2 Å². The van der Waals surface area contributed by atoms with Crippen LogP contribution in [0.15, 0.2) is 12.3 Å². The van der Waals surface area contributed by atoms with Gasteiger partial charge in [-0.15, -0.1) is 0 Å². The van der Waals surface area contributed by atoms with E-state index in [0.717, 1.165) is 12.3 Å². The van der Waals surface area contributed by atoms with Crippen molar-refractivity contribution in [3.63, 3.8) is 0 Å². The third-order valence-electron chi connectivity index (χ3n) is 1.68. The molecule has 0 saturated heterocycles. The average molecular weight is 202 g/mol. The van der Waals surface area contributed by atoms with Crippen molar-refractivity contribution >= 4 is 17.0 Å². The van der Waals surface area contributed by atoms with Crippen LogP contribution in [0.4, 0.5) is 19.1 Å². The highest BCUT2D eigenvalue weighted by Crippen LogP contribution is 2.28. The molecule has 2 aromatic heterocycles. The lowest BCUT2D eigenvalue weighted by Crippen LogP contribution is -2.07. The number of anilines is 1. The Bertz CT molecular complexity index is 473. The highest BCUT2D eigenvalue weighted by molar-refractivity contribution is 5.76. The van der Waals surface area contributed by atoms with Gasteiger partial charge in [-0.2, -0.15) is 13.2 Å². The molecule has 2 heterocycles. The molecule has 0 atom stereocenters. The summed E-state index contributed by atoms with van der Waals surface area (Å²) in [5, 5.41) is 0. The molecule has 0 aliphatic carbocycles. The first kappa shape index (κ1) is 8.79. The number of fused-ring (bicyclic) bond motifs is 1. The molecule has 0 unspecified atom stereocenters. The van der Waals surface area contributed by atoms with Gasteiger partial charge < -0.3 is 10.7 Å². The Balaban J connectivity index is 2.62. The SMILES string of the molecule is Nc1nc2cc(C(F)(F)F)ncc2[nH]1. The molecular formula is C7H5F3N4. The van der Waals surface area contributed by atoms with E-state index in [2.05, 4.69) is 15.0 Å². The molecule has 7 heteroatoms. The Kier molecular flexibility index (Phi) is 1.63. The van der Waals surface area contributed by atoms with Gasteiger partial charge >= 0.3 is 6.18 Å². The van der Waals surface area contributed by atoms with Gasteiger partial charge in [0.2, 0.25) is 0 Å². The second kappa shape index (κ2) is 2.60. The Morgan fingerprint density at radius 1 is 1.36 bits per heavy atom. The molecule has 2 aromatic rings. The summed E-state index contributed by atoms with van der Waals surface area (Å²) in [4.78, 5) is 9.48. The Morgan fingerprint density at radius 2 is 2.07 bits per heavy atom. The van der Waals surface area contributed by atoms with Crippen molar-refractivity contribution in [1.82, 2.24) is 15.0 Å². The van der Waals surface area contributed by atoms with Crippen LogP contribution in [-0.4, -0.2) is 15.0 Å². The smallest absolute Gasteiger partial charge is 0.369 e. The van der Waals surface area contributed by atoms with Crippen molar-refractivity contribution in [2.24, 2.45) is 0 Å². The summed E-state index contributed by atoms with van der Waals surface area (Å²) < 4.78 is 36.6. The molecule has 4 nitrogen and oxygen atoms in total. The summed E-state index contributed by atoms with van der Waals surface area (Å²) >= 11 is 0. The van der Waals surface area contributed by atoms with Crippen LogP contribution in [0.25, 0.3) is 11.0 Å². The number of H-pyrrole nitrogens is 1. The van der Waals surface area contributed by atoms with Crippen LogP contribution in [0.5, 0.6) is 0 Å². The van der Waals surface area contributed by atoms with Crippen molar-refractivity contribution in [2.75, 3.05) is 5.73 Å². The van der Waals surface area contributed by atoms with E-state index in [1.54, 1.807) is 0 Å². The van der Waals surface area contributed by atoms with Gasteiger partial charge in [0.25, 0.3) is 0 Å². The zero-order valence-corrected chi connectivity index (χ0v) is 6.76. The Morgan fingerprint density at radius 3 is 2.71 bits per heavy atom. The van der Waals surface area contributed by atoms with Crippen molar-refractivity contribution in [1.29, 1.82) is 0 Å². The number of nitrogens with zero attached hydrogens (tertiary/aromatic N) is 2. The van der Waals surface area contributed by atoms with Gasteiger partial charge in [-0.1, -0.05) is 0 Å². The van der Waals surface area contributed by atoms with Crippen LogP contribution >= 0.6 is 0 Å². The first-order valence-electron chi connectivity index (χ1n) is 3.65. The third-order valence-corrected chi connectivity index (χ3v) is 1.68. The molecule has 0 fully saturated rings. The first-order valence-corrected chi connectivity index (χ1v) is 3.65. The van der Waals surface area contributed by atoms with E-state index in [1.807, 2.05) is 0 Å². The number of aromatic nitrogens is 3. The molecule has 0 aliphatic rings. The maximum Gasteiger partial charge on any atom is 0.433 e. The van der Waals surface area contributed by atoms with E-state index >= 15 is 0 Å². The number of nitrogens with two attached hydrogens (primary N) is 1. The van der Waals surface area contributed by atoms with Crippen molar-refractivity contribution in [3.8, 4) is 0 Å².